The Morgan fingerprint density at radius 3 is 2.54 bits per heavy atom. The average molecular weight is 527 g/mol. The molecule has 0 amide bonds. The molecule has 5 rings (SSSR count). The molecule has 1 N–H and O–H groups in total. The van der Waals surface area contributed by atoms with Crippen LogP contribution in [0.5, 0.6) is 0 Å². The average Bonchev–Trinajstić information content (AvgIpc) is 3.22. The van der Waals surface area contributed by atoms with E-state index in [1.165, 1.54) is 32.1 Å². The number of hydrogen-bond donors (Lipinski definition) is 1. The molecule has 0 spiro atoms. The van der Waals surface area contributed by atoms with Crippen LogP contribution in [0.1, 0.15) is 105 Å². The maximum Gasteiger partial charge on any atom is 0.181 e. The minimum Gasteiger partial charge on any atom is -0.393 e. The minimum absolute atomic E-state index is 0.134. The fraction of sp³-hybridized carbons (Fsp3) is 0.758. The maximum atomic E-state index is 14.0. The first-order valence-corrected chi connectivity index (χ1v) is 16.8. The van der Waals surface area contributed by atoms with Crippen LogP contribution in [0.3, 0.4) is 0 Å². The summed E-state index contributed by atoms with van der Waals surface area (Å²) in [7, 11) is -3.36. The minimum atomic E-state index is -3.36. The molecule has 3 saturated carbocycles. The van der Waals surface area contributed by atoms with Gasteiger partial charge in [0.1, 0.15) is 0 Å². The summed E-state index contributed by atoms with van der Waals surface area (Å²) in [4.78, 5) is 0.502. The molecule has 0 aromatic heterocycles. The molecular weight excluding hydrogens is 476 g/mol. The van der Waals surface area contributed by atoms with Gasteiger partial charge < -0.3 is 5.11 Å². The maximum absolute atomic E-state index is 14.0. The third-order valence-corrected chi connectivity index (χ3v) is 14.0. The highest BCUT2D eigenvalue weighted by Crippen LogP contribution is 2.64. The molecule has 0 bridgehead atoms. The van der Waals surface area contributed by atoms with E-state index in [2.05, 4.69) is 33.8 Å². The van der Waals surface area contributed by atoms with Gasteiger partial charge in [0.25, 0.3) is 0 Å². The summed E-state index contributed by atoms with van der Waals surface area (Å²) in [6.45, 7) is 9.31. The number of fused-ring (bicyclic) bond motifs is 5. The van der Waals surface area contributed by atoms with Crippen molar-refractivity contribution in [1.29, 1.82) is 0 Å². The predicted molar refractivity (Wildman–Crippen MR) is 152 cm³/mol. The highest BCUT2D eigenvalue weighted by atomic mass is 32.2. The Hall–Kier alpha value is -1.13. The molecule has 4 heteroatoms. The van der Waals surface area contributed by atoms with Crippen molar-refractivity contribution in [3.63, 3.8) is 0 Å². The SMILES string of the molecule is CCC(C)(C)CCC(C[C@H]1CCC2[C@@H]3CC=C4CC(O)CCC4C3CCC21C)S(=O)(=O)c1ccccc1. The molecule has 1 aromatic rings. The normalized spacial score (nSPS) is 36.7. The molecule has 206 valence electrons. The van der Waals surface area contributed by atoms with Crippen molar-refractivity contribution in [2.24, 2.45) is 40.4 Å². The molecule has 4 aliphatic carbocycles. The van der Waals surface area contributed by atoms with Crippen molar-refractivity contribution >= 4 is 9.84 Å². The number of allylic oxidation sites excluding steroid dienone is 1. The Labute approximate surface area is 226 Å². The summed E-state index contributed by atoms with van der Waals surface area (Å²) in [5.74, 6) is 3.42. The van der Waals surface area contributed by atoms with E-state index in [4.69, 9.17) is 0 Å². The van der Waals surface area contributed by atoms with Crippen LogP contribution in [-0.4, -0.2) is 24.9 Å². The second kappa shape index (κ2) is 10.5. The lowest BCUT2D eigenvalue weighted by molar-refractivity contribution is -0.0199. The van der Waals surface area contributed by atoms with Crippen molar-refractivity contribution in [2.75, 3.05) is 0 Å². The van der Waals surface area contributed by atoms with Crippen LogP contribution >= 0.6 is 0 Å². The lowest BCUT2D eigenvalue weighted by atomic mass is 9.51. The summed E-state index contributed by atoms with van der Waals surface area (Å²) in [5, 5.41) is 9.93. The van der Waals surface area contributed by atoms with Gasteiger partial charge in [0, 0.05) is 0 Å². The van der Waals surface area contributed by atoms with Crippen LogP contribution in [0, 0.1) is 40.4 Å². The molecule has 37 heavy (non-hydrogen) atoms. The first-order chi connectivity index (χ1) is 17.5. The molecule has 0 saturated heterocycles. The molecule has 8 atom stereocenters. The molecular formula is C33H50O3S. The Balaban J connectivity index is 1.37. The molecule has 0 radical (unpaired) electrons. The highest BCUT2D eigenvalue weighted by molar-refractivity contribution is 7.92. The van der Waals surface area contributed by atoms with Crippen LogP contribution in [0.15, 0.2) is 46.9 Å². The number of hydrogen-bond acceptors (Lipinski definition) is 3. The van der Waals surface area contributed by atoms with E-state index in [-0.39, 0.29) is 22.2 Å². The van der Waals surface area contributed by atoms with E-state index in [9.17, 15) is 13.5 Å². The van der Waals surface area contributed by atoms with Crippen molar-refractivity contribution in [2.45, 2.75) is 121 Å². The fourth-order valence-corrected chi connectivity index (χ4v) is 10.8. The van der Waals surface area contributed by atoms with Gasteiger partial charge in [0.05, 0.1) is 16.2 Å². The van der Waals surface area contributed by atoms with Crippen molar-refractivity contribution in [1.82, 2.24) is 0 Å². The summed E-state index contributed by atoms with van der Waals surface area (Å²) < 4.78 is 27.9. The third kappa shape index (κ3) is 5.23. The zero-order chi connectivity index (χ0) is 26.4. The zero-order valence-corrected chi connectivity index (χ0v) is 24.5. The van der Waals surface area contributed by atoms with Crippen molar-refractivity contribution in [3.8, 4) is 0 Å². The van der Waals surface area contributed by atoms with Gasteiger partial charge in [-0.15, -0.1) is 0 Å². The molecule has 3 fully saturated rings. The second-order valence-electron chi connectivity index (χ2n) is 14.1. The van der Waals surface area contributed by atoms with Crippen LogP contribution in [-0.2, 0) is 9.84 Å². The van der Waals surface area contributed by atoms with E-state index < -0.39 is 9.84 Å². The largest absolute Gasteiger partial charge is 0.393 e. The first kappa shape index (κ1) is 27.4. The lowest BCUT2D eigenvalue weighted by Crippen LogP contribution is -2.46. The van der Waals surface area contributed by atoms with Gasteiger partial charge >= 0.3 is 0 Å². The van der Waals surface area contributed by atoms with Gasteiger partial charge in [0.2, 0.25) is 0 Å². The van der Waals surface area contributed by atoms with E-state index in [0.717, 1.165) is 56.8 Å². The summed E-state index contributed by atoms with van der Waals surface area (Å²) >= 11 is 0. The summed E-state index contributed by atoms with van der Waals surface area (Å²) in [6.07, 6.45) is 15.1. The topological polar surface area (TPSA) is 54.4 Å². The van der Waals surface area contributed by atoms with Crippen LogP contribution in [0.4, 0.5) is 0 Å². The summed E-state index contributed by atoms with van der Waals surface area (Å²) in [5.41, 5.74) is 1.97. The number of aliphatic hydroxyl groups is 1. The quantitative estimate of drug-likeness (QED) is 0.349. The second-order valence-corrected chi connectivity index (χ2v) is 16.3. The number of sulfone groups is 1. The van der Waals surface area contributed by atoms with Crippen molar-refractivity contribution < 1.29 is 13.5 Å². The Kier molecular flexibility index (Phi) is 7.75. The number of rotatable bonds is 8. The van der Waals surface area contributed by atoms with Gasteiger partial charge in [0.15, 0.2) is 9.84 Å². The zero-order valence-electron chi connectivity index (χ0n) is 23.7. The molecule has 3 nitrogen and oxygen atoms in total. The summed E-state index contributed by atoms with van der Waals surface area (Å²) in [6, 6.07) is 9.23. The first-order valence-electron chi connectivity index (χ1n) is 15.2. The Bertz CT molecular complexity index is 1070. The number of aliphatic hydroxyl groups excluding tert-OH is 1. The van der Waals surface area contributed by atoms with Crippen molar-refractivity contribution in [3.05, 3.63) is 42.0 Å². The van der Waals surface area contributed by atoms with Gasteiger partial charge in [-0.2, -0.15) is 0 Å². The molecule has 1 aromatic carbocycles. The number of benzene rings is 1. The molecule has 0 heterocycles. The van der Waals surface area contributed by atoms with Gasteiger partial charge in [-0.3, -0.25) is 0 Å². The van der Waals surface area contributed by atoms with Gasteiger partial charge in [-0.25, -0.2) is 8.42 Å². The molecule has 6 unspecified atom stereocenters. The van der Waals surface area contributed by atoms with Gasteiger partial charge in [-0.1, -0.05) is 64.0 Å². The van der Waals surface area contributed by atoms with Crippen LogP contribution < -0.4 is 0 Å². The Morgan fingerprint density at radius 2 is 1.81 bits per heavy atom. The predicted octanol–water partition coefficient (Wildman–Crippen LogP) is 7.99. The highest BCUT2D eigenvalue weighted by Gasteiger charge is 2.56. The monoisotopic (exact) mass is 526 g/mol. The molecule has 4 aliphatic rings. The van der Waals surface area contributed by atoms with Crippen LogP contribution in [0.25, 0.3) is 0 Å². The van der Waals surface area contributed by atoms with E-state index >= 15 is 0 Å². The standard InChI is InChI=1S/C33H50O3S/c1-5-32(2,3)19-17-27(37(35,36)26-9-7-6-8-10-26)22-24-12-16-31-30-14-11-23-21-25(34)13-15-28(23)29(30)18-20-33(24,31)4/h6-11,24-25,27-31,34H,5,12-22H2,1-4H3/t24-,25?,27?,28?,29?,30-,31?,33?/m1/s1. The van der Waals surface area contributed by atoms with E-state index in [0.29, 0.717) is 22.6 Å². The fourth-order valence-electron chi connectivity index (χ4n) is 8.99. The van der Waals surface area contributed by atoms with Crippen LogP contribution in [0.2, 0.25) is 0 Å². The van der Waals surface area contributed by atoms with Gasteiger partial charge in [-0.05, 0) is 123 Å². The van der Waals surface area contributed by atoms with E-state index in [1.54, 1.807) is 17.7 Å². The Morgan fingerprint density at radius 1 is 1.05 bits per heavy atom. The smallest absolute Gasteiger partial charge is 0.181 e. The van der Waals surface area contributed by atoms with E-state index in [1.807, 2.05) is 18.2 Å². The molecule has 0 aliphatic heterocycles. The third-order valence-electron chi connectivity index (χ3n) is 11.8. The lowest BCUT2D eigenvalue weighted by Gasteiger charge is -2.54.